The lowest BCUT2D eigenvalue weighted by Crippen LogP contribution is -2.21. The molecule has 0 fully saturated rings. The van der Waals surface area contributed by atoms with Crippen LogP contribution < -0.4 is 10.5 Å². The molecule has 0 heterocycles. The van der Waals surface area contributed by atoms with Gasteiger partial charge in [0.15, 0.2) is 0 Å². The van der Waals surface area contributed by atoms with E-state index in [1.54, 1.807) is 7.11 Å². The summed E-state index contributed by atoms with van der Waals surface area (Å²) in [5.74, 6) is 0.878. The summed E-state index contributed by atoms with van der Waals surface area (Å²) in [5.41, 5.74) is 7.17. The molecule has 0 aromatic heterocycles. The normalized spacial score (nSPS) is 14.4. The highest BCUT2D eigenvalue weighted by molar-refractivity contribution is 5.27. The first kappa shape index (κ1) is 14.0. The Morgan fingerprint density at radius 1 is 1.24 bits per heavy atom. The molecule has 1 rings (SSSR count). The van der Waals surface area contributed by atoms with E-state index in [0.29, 0.717) is 6.61 Å². The maximum absolute atomic E-state index is 5.91. The summed E-state index contributed by atoms with van der Waals surface area (Å²) in [6.07, 6.45) is 2.04. The first-order chi connectivity index (χ1) is 8.15. The standard InChI is InChI=1S/C14H23NO2/c1-4-13(15)9-12-5-7-14(8-6-12)17-10-11(2)16-3/h5-8,11,13H,4,9-10,15H2,1-3H3. The molecular formula is C14H23NO2. The van der Waals surface area contributed by atoms with Crippen LogP contribution in [-0.4, -0.2) is 25.9 Å². The molecule has 0 radical (unpaired) electrons. The third-order valence-corrected chi connectivity index (χ3v) is 2.83. The second-order valence-electron chi connectivity index (χ2n) is 4.37. The Hall–Kier alpha value is -1.06. The molecule has 96 valence electrons. The van der Waals surface area contributed by atoms with Crippen molar-refractivity contribution in [2.75, 3.05) is 13.7 Å². The lowest BCUT2D eigenvalue weighted by molar-refractivity contribution is 0.0716. The topological polar surface area (TPSA) is 44.5 Å². The predicted molar refractivity (Wildman–Crippen MR) is 70.4 cm³/mol. The Bertz CT molecular complexity index is 311. The van der Waals surface area contributed by atoms with Crippen molar-refractivity contribution in [2.45, 2.75) is 38.8 Å². The van der Waals surface area contributed by atoms with Gasteiger partial charge in [0, 0.05) is 13.2 Å². The summed E-state index contributed by atoms with van der Waals surface area (Å²) < 4.78 is 10.7. The van der Waals surface area contributed by atoms with Gasteiger partial charge in [0.2, 0.25) is 0 Å². The number of hydrogen-bond acceptors (Lipinski definition) is 3. The summed E-state index contributed by atoms with van der Waals surface area (Å²) >= 11 is 0. The van der Waals surface area contributed by atoms with Gasteiger partial charge in [-0.2, -0.15) is 0 Å². The van der Waals surface area contributed by atoms with Crippen LogP contribution in [0.4, 0.5) is 0 Å². The van der Waals surface area contributed by atoms with E-state index in [-0.39, 0.29) is 12.1 Å². The third-order valence-electron chi connectivity index (χ3n) is 2.83. The quantitative estimate of drug-likeness (QED) is 0.792. The van der Waals surface area contributed by atoms with E-state index >= 15 is 0 Å². The van der Waals surface area contributed by atoms with Crippen molar-refractivity contribution in [3.63, 3.8) is 0 Å². The molecule has 0 aliphatic carbocycles. The summed E-state index contributed by atoms with van der Waals surface area (Å²) in [6.45, 7) is 4.66. The zero-order valence-electron chi connectivity index (χ0n) is 11.0. The summed E-state index contributed by atoms with van der Waals surface area (Å²) in [7, 11) is 1.68. The van der Waals surface area contributed by atoms with E-state index in [9.17, 15) is 0 Å². The minimum atomic E-state index is 0.114. The van der Waals surface area contributed by atoms with E-state index in [0.717, 1.165) is 18.6 Å². The summed E-state index contributed by atoms with van der Waals surface area (Å²) in [6, 6.07) is 8.36. The highest BCUT2D eigenvalue weighted by Gasteiger charge is 2.03. The van der Waals surface area contributed by atoms with Gasteiger partial charge in [-0.05, 0) is 37.5 Å². The lowest BCUT2D eigenvalue weighted by atomic mass is 10.0. The number of methoxy groups -OCH3 is 1. The largest absolute Gasteiger partial charge is 0.491 e. The Labute approximate surface area is 104 Å². The molecule has 1 aromatic carbocycles. The maximum Gasteiger partial charge on any atom is 0.119 e. The fourth-order valence-electron chi connectivity index (χ4n) is 1.45. The SMILES string of the molecule is CCC(N)Cc1ccc(OCC(C)OC)cc1. The average Bonchev–Trinajstić information content (AvgIpc) is 2.37. The monoisotopic (exact) mass is 237 g/mol. The Kier molecular flexibility index (Phi) is 6.01. The first-order valence-electron chi connectivity index (χ1n) is 6.15. The lowest BCUT2D eigenvalue weighted by Gasteiger charge is -2.12. The Morgan fingerprint density at radius 3 is 2.41 bits per heavy atom. The van der Waals surface area contributed by atoms with Crippen LogP contribution in [-0.2, 0) is 11.2 Å². The van der Waals surface area contributed by atoms with E-state index in [1.807, 2.05) is 19.1 Å². The molecule has 0 saturated heterocycles. The molecule has 1 aromatic rings. The zero-order valence-corrected chi connectivity index (χ0v) is 11.0. The second kappa shape index (κ2) is 7.30. The van der Waals surface area contributed by atoms with Gasteiger partial charge in [-0.25, -0.2) is 0 Å². The van der Waals surface area contributed by atoms with E-state index in [1.165, 1.54) is 5.56 Å². The number of nitrogens with two attached hydrogens (primary N) is 1. The molecule has 0 bridgehead atoms. The highest BCUT2D eigenvalue weighted by atomic mass is 16.5. The van der Waals surface area contributed by atoms with Crippen molar-refractivity contribution in [2.24, 2.45) is 5.73 Å². The van der Waals surface area contributed by atoms with Gasteiger partial charge in [-0.3, -0.25) is 0 Å². The van der Waals surface area contributed by atoms with Crippen LogP contribution in [0.25, 0.3) is 0 Å². The van der Waals surface area contributed by atoms with Crippen molar-refractivity contribution >= 4 is 0 Å². The molecule has 0 saturated carbocycles. The van der Waals surface area contributed by atoms with Gasteiger partial charge < -0.3 is 15.2 Å². The van der Waals surface area contributed by atoms with Gasteiger partial charge >= 0.3 is 0 Å². The Morgan fingerprint density at radius 2 is 1.88 bits per heavy atom. The van der Waals surface area contributed by atoms with Crippen molar-refractivity contribution in [3.05, 3.63) is 29.8 Å². The minimum absolute atomic E-state index is 0.114. The second-order valence-corrected chi connectivity index (χ2v) is 4.37. The van der Waals surface area contributed by atoms with E-state index in [4.69, 9.17) is 15.2 Å². The maximum atomic E-state index is 5.91. The molecule has 2 unspecified atom stereocenters. The molecule has 2 N–H and O–H groups in total. The highest BCUT2D eigenvalue weighted by Crippen LogP contribution is 2.14. The Balaban J connectivity index is 2.44. The molecule has 0 aliphatic rings. The van der Waals surface area contributed by atoms with Crippen LogP contribution in [0, 0.1) is 0 Å². The van der Waals surface area contributed by atoms with Gasteiger partial charge in [0.1, 0.15) is 12.4 Å². The van der Waals surface area contributed by atoms with Gasteiger partial charge in [0.05, 0.1) is 6.10 Å². The molecule has 2 atom stereocenters. The van der Waals surface area contributed by atoms with Crippen LogP contribution in [0.2, 0.25) is 0 Å². The molecule has 3 nitrogen and oxygen atoms in total. The molecule has 3 heteroatoms. The predicted octanol–water partition coefficient (Wildman–Crippen LogP) is 2.38. The molecular weight excluding hydrogens is 214 g/mol. The summed E-state index contributed by atoms with van der Waals surface area (Å²) in [5, 5.41) is 0. The fraction of sp³-hybridized carbons (Fsp3) is 0.571. The van der Waals surface area contributed by atoms with Crippen molar-refractivity contribution in [1.82, 2.24) is 0 Å². The zero-order chi connectivity index (χ0) is 12.7. The van der Waals surface area contributed by atoms with Crippen LogP contribution >= 0.6 is 0 Å². The molecule has 0 aliphatic heterocycles. The van der Waals surface area contributed by atoms with Gasteiger partial charge in [-0.15, -0.1) is 0 Å². The van der Waals surface area contributed by atoms with Crippen LogP contribution in [0.15, 0.2) is 24.3 Å². The van der Waals surface area contributed by atoms with Gasteiger partial charge in [-0.1, -0.05) is 19.1 Å². The van der Waals surface area contributed by atoms with Crippen molar-refractivity contribution in [1.29, 1.82) is 0 Å². The summed E-state index contributed by atoms with van der Waals surface area (Å²) in [4.78, 5) is 0. The van der Waals surface area contributed by atoms with Crippen LogP contribution in [0.1, 0.15) is 25.8 Å². The number of ether oxygens (including phenoxy) is 2. The van der Waals surface area contributed by atoms with E-state index < -0.39 is 0 Å². The fourth-order valence-corrected chi connectivity index (χ4v) is 1.45. The average molecular weight is 237 g/mol. The van der Waals surface area contributed by atoms with Crippen molar-refractivity contribution < 1.29 is 9.47 Å². The third kappa shape index (κ3) is 5.20. The van der Waals surface area contributed by atoms with E-state index in [2.05, 4.69) is 19.1 Å². The smallest absolute Gasteiger partial charge is 0.119 e. The minimum Gasteiger partial charge on any atom is -0.491 e. The van der Waals surface area contributed by atoms with Crippen molar-refractivity contribution in [3.8, 4) is 5.75 Å². The first-order valence-corrected chi connectivity index (χ1v) is 6.15. The molecule has 0 spiro atoms. The molecule has 0 amide bonds. The molecule has 17 heavy (non-hydrogen) atoms. The van der Waals surface area contributed by atoms with Crippen LogP contribution in [0.5, 0.6) is 5.75 Å². The number of benzene rings is 1. The van der Waals surface area contributed by atoms with Crippen LogP contribution in [0.3, 0.4) is 0 Å². The number of hydrogen-bond donors (Lipinski definition) is 1. The van der Waals surface area contributed by atoms with Gasteiger partial charge in [0.25, 0.3) is 0 Å². The number of rotatable bonds is 7.